The van der Waals surface area contributed by atoms with Crippen molar-refractivity contribution >= 4 is 34.6 Å². The van der Waals surface area contributed by atoms with E-state index in [4.69, 9.17) is 10.5 Å². The van der Waals surface area contributed by atoms with Gasteiger partial charge in [0, 0.05) is 0 Å². The third-order valence-corrected chi connectivity index (χ3v) is 4.48. The first kappa shape index (κ1) is 18.3. The molecule has 8 heteroatoms. The summed E-state index contributed by atoms with van der Waals surface area (Å²) in [6, 6.07) is 15.5. The van der Waals surface area contributed by atoms with Crippen LogP contribution in [-0.4, -0.2) is 23.1 Å². The lowest BCUT2D eigenvalue weighted by Gasteiger charge is -2.04. The number of nitrogens with two attached hydrogens (primary N) is 1. The molecule has 0 unspecified atom stereocenters. The molecule has 3 rings (SSSR count). The Hall–Kier alpha value is -3.52. The van der Waals surface area contributed by atoms with Crippen LogP contribution in [-0.2, 0) is 0 Å². The van der Waals surface area contributed by atoms with Crippen molar-refractivity contribution in [1.82, 2.24) is 10.4 Å². The van der Waals surface area contributed by atoms with Gasteiger partial charge in [-0.3, -0.25) is 4.79 Å². The molecule has 0 aliphatic rings. The average Bonchev–Trinajstić information content (AvgIpc) is 3.02. The number of hydrogen-bond acceptors (Lipinski definition) is 7. The highest BCUT2D eigenvalue weighted by atomic mass is 32.1. The second kappa shape index (κ2) is 8.24. The summed E-state index contributed by atoms with van der Waals surface area (Å²) >= 11 is 1.11. The van der Waals surface area contributed by atoms with Gasteiger partial charge in [-0.1, -0.05) is 29.5 Å². The molecule has 0 aliphatic heterocycles. The predicted octanol–water partition coefficient (Wildman–Crippen LogP) is 3.02. The molecule has 0 aliphatic carbocycles. The molecule has 3 N–H and O–H groups in total. The quantitative estimate of drug-likeness (QED) is 0.306. The molecule has 0 saturated carbocycles. The number of carbonyl (C=O) groups is 2. The molecular weight excluding hydrogens is 364 g/mol. The molecule has 136 valence electrons. The molecule has 3 aromatic rings. The summed E-state index contributed by atoms with van der Waals surface area (Å²) < 4.78 is 5.30. The largest absolute Gasteiger partial charge is 0.423 e. The number of hydrogen-bond donors (Lipinski definition) is 2. The molecule has 0 radical (unpaired) electrons. The second-order valence-corrected chi connectivity index (χ2v) is 6.52. The number of esters is 1. The number of carbonyl (C=O) groups excluding carboxylic acids is 2. The first-order valence-electron chi connectivity index (χ1n) is 7.96. The maximum atomic E-state index is 12.0. The third kappa shape index (κ3) is 4.77. The van der Waals surface area contributed by atoms with Gasteiger partial charge in [0.25, 0.3) is 5.91 Å². The third-order valence-electron chi connectivity index (χ3n) is 3.50. The van der Waals surface area contributed by atoms with Gasteiger partial charge in [-0.2, -0.15) is 5.10 Å². The number of amides is 1. The zero-order chi connectivity index (χ0) is 19.2. The second-order valence-electron chi connectivity index (χ2n) is 5.49. The summed E-state index contributed by atoms with van der Waals surface area (Å²) in [6.07, 6.45) is 1.49. The van der Waals surface area contributed by atoms with Crippen molar-refractivity contribution in [2.24, 2.45) is 5.10 Å². The highest BCUT2D eigenvalue weighted by molar-refractivity contribution is 7.17. The molecular formula is C19H16N4O3S. The van der Waals surface area contributed by atoms with Crippen molar-refractivity contribution in [3.63, 3.8) is 0 Å². The first-order valence-corrected chi connectivity index (χ1v) is 8.78. The van der Waals surface area contributed by atoms with E-state index in [1.54, 1.807) is 55.5 Å². The van der Waals surface area contributed by atoms with E-state index < -0.39 is 5.97 Å². The molecule has 0 spiro atoms. The number of benzene rings is 2. The maximum Gasteiger partial charge on any atom is 0.343 e. The van der Waals surface area contributed by atoms with E-state index in [-0.39, 0.29) is 5.91 Å². The fraction of sp³-hybridized carbons (Fsp3) is 0.0526. The molecule has 1 amide bonds. The van der Waals surface area contributed by atoms with Crippen LogP contribution in [0.25, 0.3) is 0 Å². The summed E-state index contributed by atoms with van der Waals surface area (Å²) in [5, 5.41) is 4.25. The van der Waals surface area contributed by atoms with Gasteiger partial charge < -0.3 is 10.5 Å². The highest BCUT2D eigenvalue weighted by Crippen LogP contribution is 2.19. The molecule has 2 aromatic carbocycles. The molecule has 1 aromatic heterocycles. The summed E-state index contributed by atoms with van der Waals surface area (Å²) in [5.74, 6) is -0.379. The topological polar surface area (TPSA) is 107 Å². The molecule has 1 heterocycles. The lowest BCUT2D eigenvalue weighted by molar-refractivity contribution is 0.0734. The first-order chi connectivity index (χ1) is 13.0. The Labute approximate surface area is 159 Å². The zero-order valence-corrected chi connectivity index (χ0v) is 15.2. The monoisotopic (exact) mass is 380 g/mol. The van der Waals surface area contributed by atoms with E-state index in [0.717, 1.165) is 16.9 Å². The molecule has 0 saturated heterocycles. The van der Waals surface area contributed by atoms with Crippen molar-refractivity contribution in [2.75, 3.05) is 5.73 Å². The Balaban J connectivity index is 1.57. The van der Waals surface area contributed by atoms with E-state index in [1.807, 2.05) is 6.07 Å². The summed E-state index contributed by atoms with van der Waals surface area (Å²) in [6.45, 7) is 1.71. The fourth-order valence-electron chi connectivity index (χ4n) is 2.21. The van der Waals surface area contributed by atoms with Crippen LogP contribution in [0.5, 0.6) is 5.75 Å². The van der Waals surface area contributed by atoms with Gasteiger partial charge in [-0.05, 0) is 48.9 Å². The van der Waals surface area contributed by atoms with Gasteiger partial charge in [-0.15, -0.1) is 0 Å². The van der Waals surface area contributed by atoms with E-state index in [9.17, 15) is 9.59 Å². The number of rotatable bonds is 5. The summed E-state index contributed by atoms with van der Waals surface area (Å²) in [7, 11) is 0. The highest BCUT2D eigenvalue weighted by Gasteiger charge is 2.13. The number of anilines is 1. The van der Waals surface area contributed by atoms with Gasteiger partial charge in [0.15, 0.2) is 5.13 Å². The average molecular weight is 380 g/mol. The normalized spacial score (nSPS) is 10.7. The number of nitrogen functional groups attached to an aromatic ring is 1. The Morgan fingerprint density at radius 1 is 1.15 bits per heavy atom. The number of ether oxygens (including phenoxy) is 1. The Bertz CT molecular complexity index is 982. The summed E-state index contributed by atoms with van der Waals surface area (Å²) in [5.41, 5.74) is 9.78. The lowest BCUT2D eigenvalue weighted by Crippen LogP contribution is -2.17. The minimum Gasteiger partial charge on any atom is -0.423 e. The van der Waals surface area contributed by atoms with Crippen molar-refractivity contribution < 1.29 is 14.3 Å². The summed E-state index contributed by atoms with van der Waals surface area (Å²) in [4.78, 5) is 28.4. The fourth-order valence-corrected chi connectivity index (χ4v) is 2.93. The number of aryl methyl sites for hydroxylation is 1. The molecule has 0 bridgehead atoms. The van der Waals surface area contributed by atoms with Crippen LogP contribution in [0, 0.1) is 6.92 Å². The number of thiazole rings is 1. The van der Waals surface area contributed by atoms with E-state index in [0.29, 0.717) is 27.0 Å². The van der Waals surface area contributed by atoms with Gasteiger partial charge in [0.05, 0.1) is 17.5 Å². The van der Waals surface area contributed by atoms with Crippen LogP contribution in [0.15, 0.2) is 59.7 Å². The van der Waals surface area contributed by atoms with Crippen molar-refractivity contribution in [3.8, 4) is 5.75 Å². The maximum absolute atomic E-state index is 12.0. The standard InChI is InChI=1S/C19H16N4O3S/c1-12-16(27-19(20)22-12)17(24)23-21-11-13-7-9-15(10-8-13)26-18(25)14-5-3-2-4-6-14/h2-11H,1H3,(H2,20,22)(H,23,24)/b21-11-. The van der Waals surface area contributed by atoms with Gasteiger partial charge >= 0.3 is 5.97 Å². The van der Waals surface area contributed by atoms with Gasteiger partial charge in [-0.25, -0.2) is 15.2 Å². The zero-order valence-electron chi connectivity index (χ0n) is 14.4. The van der Waals surface area contributed by atoms with Crippen molar-refractivity contribution in [3.05, 3.63) is 76.3 Å². The van der Waals surface area contributed by atoms with Crippen molar-refractivity contribution in [2.45, 2.75) is 6.92 Å². The SMILES string of the molecule is Cc1nc(N)sc1C(=O)N/N=C\c1ccc(OC(=O)c2ccccc2)cc1. The lowest BCUT2D eigenvalue weighted by atomic mass is 10.2. The molecule has 0 fully saturated rings. The van der Waals surface area contributed by atoms with Crippen LogP contribution >= 0.6 is 11.3 Å². The Kier molecular flexibility index (Phi) is 5.58. The van der Waals surface area contributed by atoms with E-state index in [2.05, 4.69) is 15.5 Å². The number of nitrogens with zero attached hydrogens (tertiary/aromatic N) is 2. The van der Waals surface area contributed by atoms with Crippen LogP contribution in [0.3, 0.4) is 0 Å². The molecule has 7 nitrogen and oxygen atoms in total. The van der Waals surface area contributed by atoms with E-state index in [1.165, 1.54) is 6.21 Å². The minimum absolute atomic E-state index is 0.335. The Morgan fingerprint density at radius 3 is 2.48 bits per heavy atom. The van der Waals surface area contributed by atoms with Crippen LogP contribution in [0.2, 0.25) is 0 Å². The smallest absolute Gasteiger partial charge is 0.343 e. The minimum atomic E-state index is -0.427. The van der Waals surface area contributed by atoms with E-state index >= 15 is 0 Å². The van der Waals surface area contributed by atoms with Crippen LogP contribution < -0.4 is 15.9 Å². The van der Waals surface area contributed by atoms with Crippen molar-refractivity contribution in [1.29, 1.82) is 0 Å². The number of nitrogens with one attached hydrogen (secondary N) is 1. The number of aromatic nitrogens is 1. The Morgan fingerprint density at radius 2 is 1.85 bits per heavy atom. The molecule has 0 atom stereocenters. The predicted molar refractivity (Wildman–Crippen MR) is 104 cm³/mol. The molecule has 27 heavy (non-hydrogen) atoms. The number of hydrazone groups is 1. The van der Waals surface area contributed by atoms with Gasteiger partial charge in [0.2, 0.25) is 0 Å². The van der Waals surface area contributed by atoms with Gasteiger partial charge in [0.1, 0.15) is 10.6 Å². The van der Waals surface area contributed by atoms with Crippen LogP contribution in [0.4, 0.5) is 5.13 Å². The van der Waals surface area contributed by atoms with Crippen LogP contribution in [0.1, 0.15) is 31.3 Å².